The first-order chi connectivity index (χ1) is 16.6. The molecule has 0 aromatic heterocycles. The van der Waals surface area contributed by atoms with Crippen LogP contribution in [-0.4, -0.2) is 6.09 Å². The third-order valence-electron chi connectivity index (χ3n) is 5.38. The highest BCUT2D eigenvalue weighted by atomic mass is 35.5. The summed E-state index contributed by atoms with van der Waals surface area (Å²) in [5, 5.41) is 5.94. The van der Waals surface area contributed by atoms with E-state index in [1.165, 1.54) is 0 Å². The Morgan fingerprint density at radius 1 is 0.647 bits per heavy atom. The van der Waals surface area contributed by atoms with Crippen LogP contribution in [0.4, 0.5) is 4.79 Å². The van der Waals surface area contributed by atoms with Crippen molar-refractivity contribution in [1.82, 2.24) is 5.32 Å². The van der Waals surface area contributed by atoms with Crippen LogP contribution in [0, 0.1) is 0 Å². The van der Waals surface area contributed by atoms with Crippen LogP contribution < -0.4 is 21.2 Å². The van der Waals surface area contributed by atoms with Gasteiger partial charge in [-0.15, -0.1) is 0 Å². The van der Waals surface area contributed by atoms with Crippen molar-refractivity contribution in [3.05, 3.63) is 137 Å². The van der Waals surface area contributed by atoms with Crippen LogP contribution in [0.15, 0.2) is 131 Å². The summed E-state index contributed by atoms with van der Waals surface area (Å²) >= 11 is 13.1. The van der Waals surface area contributed by atoms with Gasteiger partial charge in [0.2, 0.25) is 5.44 Å². The molecule has 4 rings (SSSR count). The summed E-state index contributed by atoms with van der Waals surface area (Å²) < 4.78 is 5.52. The molecule has 0 atom stereocenters. The zero-order valence-corrected chi connectivity index (χ0v) is 20.7. The number of carbonyl (C=O) groups excluding carboxylic acids is 1. The molecule has 4 aromatic carbocycles. The highest BCUT2D eigenvalue weighted by Gasteiger charge is 2.52. The van der Waals surface area contributed by atoms with E-state index in [-0.39, 0.29) is 11.1 Å². The molecule has 0 saturated heterocycles. The third kappa shape index (κ3) is 5.18. The van der Waals surface area contributed by atoms with E-state index in [1.807, 2.05) is 121 Å². The van der Waals surface area contributed by atoms with Gasteiger partial charge >= 0.3 is 6.09 Å². The predicted octanol–water partition coefficient (Wildman–Crippen LogP) is 6.51. The Balaban J connectivity index is 1.84. The van der Waals surface area contributed by atoms with Crippen LogP contribution in [0.25, 0.3) is 0 Å². The van der Waals surface area contributed by atoms with E-state index in [0.29, 0.717) is 5.44 Å². The zero-order chi connectivity index (χ0) is 23.8. The van der Waals surface area contributed by atoms with Crippen molar-refractivity contribution in [3.63, 3.8) is 0 Å². The van der Waals surface area contributed by atoms with Gasteiger partial charge in [-0.2, -0.15) is 0 Å². The smallest absolute Gasteiger partial charge is 0.414 e. The summed E-state index contributed by atoms with van der Waals surface area (Å²) in [5.41, 5.74) is 1.31. The highest BCUT2D eigenvalue weighted by molar-refractivity contribution is 7.99. The lowest BCUT2D eigenvalue weighted by Crippen LogP contribution is -2.38. The van der Waals surface area contributed by atoms with Gasteiger partial charge in [-0.25, -0.2) is 4.79 Å². The lowest BCUT2D eigenvalue weighted by Gasteiger charge is -2.29. The fourth-order valence-corrected chi connectivity index (χ4v) is 8.80. The van der Waals surface area contributed by atoms with Crippen LogP contribution in [0.1, 0.15) is 5.56 Å². The lowest BCUT2D eigenvalue weighted by molar-refractivity contribution is 0.143. The predicted molar refractivity (Wildman–Crippen MR) is 144 cm³/mol. The van der Waals surface area contributed by atoms with Gasteiger partial charge in [0, 0.05) is 0 Å². The molecule has 1 N–H and O–H groups in total. The van der Waals surface area contributed by atoms with Gasteiger partial charge in [0.1, 0.15) is 22.5 Å². The maximum absolute atomic E-state index is 13.0. The maximum atomic E-state index is 13.0. The number of halogens is 2. The first kappa shape index (κ1) is 24.0. The SMILES string of the molecule is O=C(NC(=C(Cl)Cl)[P+](c1ccccc1)(c1ccccc1)c1ccccc1)OCc1ccccc1. The topological polar surface area (TPSA) is 38.3 Å². The number of amides is 1. The summed E-state index contributed by atoms with van der Waals surface area (Å²) in [6.45, 7) is 0.132. The molecule has 0 fully saturated rings. The van der Waals surface area contributed by atoms with Crippen molar-refractivity contribution in [1.29, 1.82) is 0 Å². The van der Waals surface area contributed by atoms with E-state index in [4.69, 9.17) is 27.9 Å². The fraction of sp³-hybridized carbons (Fsp3) is 0.0357. The second-order valence-electron chi connectivity index (χ2n) is 7.47. The quantitative estimate of drug-likeness (QED) is 0.290. The number of carbonyl (C=O) groups is 1. The Morgan fingerprint density at radius 2 is 1.03 bits per heavy atom. The molecule has 34 heavy (non-hydrogen) atoms. The maximum Gasteiger partial charge on any atom is 0.414 e. The standard InChI is InChI=1S/C28H22Cl2NO2P/c29-26(30)27(31-28(32)33-21-22-13-5-1-6-14-22)34(23-15-7-2-8-16-23,24-17-9-3-10-18-24)25-19-11-4-12-20-25/h1-20H,21H2/p+1. The van der Waals surface area contributed by atoms with Gasteiger partial charge < -0.3 is 4.74 Å². The van der Waals surface area contributed by atoms with Gasteiger partial charge in [0.25, 0.3) is 0 Å². The Labute approximate surface area is 210 Å². The molecule has 0 spiro atoms. The average molecular weight is 507 g/mol. The van der Waals surface area contributed by atoms with Crippen molar-refractivity contribution in [2.75, 3.05) is 0 Å². The third-order valence-corrected chi connectivity index (χ3v) is 10.2. The lowest BCUT2D eigenvalue weighted by atomic mass is 10.2. The first-order valence-electron chi connectivity index (χ1n) is 10.7. The molecular formula is C28H23Cl2NO2P+. The number of rotatable bonds is 7. The molecule has 0 bridgehead atoms. The minimum atomic E-state index is -2.67. The molecule has 0 radical (unpaired) electrons. The minimum absolute atomic E-state index is 0.0125. The van der Waals surface area contributed by atoms with Gasteiger partial charge in [-0.3, -0.25) is 5.32 Å². The molecule has 4 aromatic rings. The van der Waals surface area contributed by atoms with E-state index < -0.39 is 13.4 Å². The molecule has 0 aliphatic heterocycles. The average Bonchev–Trinajstić information content (AvgIpc) is 2.90. The highest BCUT2D eigenvalue weighted by Crippen LogP contribution is 2.63. The molecule has 170 valence electrons. The zero-order valence-electron chi connectivity index (χ0n) is 18.3. The molecule has 1 amide bonds. The molecule has 0 aliphatic rings. The van der Waals surface area contributed by atoms with E-state index in [1.54, 1.807) is 0 Å². The van der Waals surface area contributed by atoms with E-state index in [9.17, 15) is 4.79 Å². The van der Waals surface area contributed by atoms with Gasteiger partial charge in [-0.1, -0.05) is 108 Å². The number of benzene rings is 4. The number of hydrogen-bond acceptors (Lipinski definition) is 2. The summed E-state index contributed by atoms with van der Waals surface area (Å²) in [6.07, 6.45) is -0.621. The largest absolute Gasteiger partial charge is 0.444 e. The number of alkyl carbamates (subject to hydrolysis) is 1. The molecule has 6 heteroatoms. The van der Waals surface area contributed by atoms with E-state index in [0.717, 1.165) is 21.5 Å². The van der Waals surface area contributed by atoms with Crippen molar-refractivity contribution in [2.24, 2.45) is 0 Å². The van der Waals surface area contributed by atoms with E-state index >= 15 is 0 Å². The Kier molecular flexibility index (Phi) is 8.03. The van der Waals surface area contributed by atoms with Crippen molar-refractivity contribution in [3.8, 4) is 0 Å². The normalized spacial score (nSPS) is 10.9. The minimum Gasteiger partial charge on any atom is -0.444 e. The van der Waals surface area contributed by atoms with Crippen LogP contribution in [0.3, 0.4) is 0 Å². The van der Waals surface area contributed by atoms with Crippen LogP contribution >= 0.6 is 30.5 Å². The Morgan fingerprint density at radius 3 is 1.41 bits per heavy atom. The molecule has 0 heterocycles. The summed E-state index contributed by atoms with van der Waals surface area (Å²) in [6, 6.07) is 39.5. The van der Waals surface area contributed by atoms with Crippen LogP contribution in [0.5, 0.6) is 0 Å². The van der Waals surface area contributed by atoms with Crippen LogP contribution in [-0.2, 0) is 11.3 Å². The second-order valence-corrected chi connectivity index (χ2v) is 11.8. The molecule has 0 aliphatic carbocycles. The fourth-order valence-electron chi connectivity index (χ4n) is 3.90. The Hall–Kier alpha value is -3.10. The monoisotopic (exact) mass is 506 g/mol. The van der Waals surface area contributed by atoms with Gasteiger partial charge in [0.15, 0.2) is 11.8 Å². The molecule has 3 nitrogen and oxygen atoms in total. The van der Waals surface area contributed by atoms with E-state index in [2.05, 4.69) is 5.32 Å². The van der Waals surface area contributed by atoms with Gasteiger partial charge in [0.05, 0.1) is 0 Å². The number of nitrogens with one attached hydrogen (secondary N) is 1. The van der Waals surface area contributed by atoms with Crippen LogP contribution in [0.2, 0.25) is 0 Å². The summed E-state index contributed by atoms with van der Waals surface area (Å²) in [4.78, 5) is 13.0. The van der Waals surface area contributed by atoms with Gasteiger partial charge in [-0.05, 0) is 42.0 Å². The molecule has 0 saturated carbocycles. The number of ether oxygens (including phenoxy) is 1. The summed E-state index contributed by atoms with van der Waals surface area (Å²) in [5.74, 6) is 0. The first-order valence-corrected chi connectivity index (χ1v) is 13.3. The second kappa shape index (κ2) is 11.4. The number of hydrogen-bond donors (Lipinski definition) is 1. The Bertz CT molecular complexity index is 1150. The van der Waals surface area contributed by atoms with Crippen molar-refractivity contribution in [2.45, 2.75) is 6.61 Å². The molecular weight excluding hydrogens is 484 g/mol. The summed E-state index contributed by atoms with van der Waals surface area (Å²) in [7, 11) is -2.67. The van der Waals surface area contributed by atoms with Crippen molar-refractivity contribution >= 4 is 52.5 Å². The van der Waals surface area contributed by atoms with Crippen molar-refractivity contribution < 1.29 is 9.53 Å². The molecule has 0 unspecified atom stereocenters.